The van der Waals surface area contributed by atoms with Crippen molar-refractivity contribution in [3.63, 3.8) is 0 Å². The highest BCUT2D eigenvalue weighted by atomic mass is 16.5. The average Bonchev–Trinajstić information content (AvgIpc) is 3.37. The Bertz CT molecular complexity index is 999. The van der Waals surface area contributed by atoms with Gasteiger partial charge in [-0.2, -0.15) is 0 Å². The summed E-state index contributed by atoms with van der Waals surface area (Å²) >= 11 is 0. The molecule has 1 atom stereocenters. The standard InChI is InChI=1S/C26H30N2O5/c1-26(12-6-7-13-26)16-27-24(31)22(14-23(29)30)28-25(32)33-15-21-19-10-4-2-8-17(19)18-9-3-5-11-20(18)21/h2-5,8-11,21-22H,6-7,12-16H2,1H3,(H,27,31)(H,28,32)(H,29,30). The van der Waals surface area contributed by atoms with E-state index >= 15 is 0 Å². The minimum atomic E-state index is -1.19. The summed E-state index contributed by atoms with van der Waals surface area (Å²) in [6.45, 7) is 2.68. The average molecular weight is 451 g/mol. The van der Waals surface area contributed by atoms with Gasteiger partial charge in [0.05, 0.1) is 6.42 Å². The fourth-order valence-corrected chi connectivity index (χ4v) is 5.00. The van der Waals surface area contributed by atoms with Gasteiger partial charge in [-0.25, -0.2) is 4.79 Å². The second-order valence-electron chi connectivity index (χ2n) is 9.36. The summed E-state index contributed by atoms with van der Waals surface area (Å²) in [7, 11) is 0. The van der Waals surface area contributed by atoms with Gasteiger partial charge in [0.1, 0.15) is 12.6 Å². The summed E-state index contributed by atoms with van der Waals surface area (Å²) in [5.74, 6) is -1.78. The lowest BCUT2D eigenvalue weighted by Gasteiger charge is -2.25. The number of alkyl carbamates (subject to hydrolysis) is 1. The van der Waals surface area contributed by atoms with Gasteiger partial charge < -0.3 is 20.5 Å². The number of aliphatic carboxylic acids is 1. The molecule has 7 heteroatoms. The summed E-state index contributed by atoms with van der Waals surface area (Å²) in [6.07, 6.45) is 3.00. The summed E-state index contributed by atoms with van der Waals surface area (Å²) in [5, 5.41) is 14.5. The first kappa shape index (κ1) is 22.8. The number of carboxylic acids is 1. The van der Waals surface area contributed by atoms with Gasteiger partial charge in [0, 0.05) is 12.5 Å². The number of carbonyl (C=O) groups excluding carboxylic acids is 2. The zero-order valence-corrected chi connectivity index (χ0v) is 18.8. The van der Waals surface area contributed by atoms with Crippen LogP contribution in [0.5, 0.6) is 0 Å². The van der Waals surface area contributed by atoms with Crippen LogP contribution in [0, 0.1) is 5.41 Å². The highest BCUT2D eigenvalue weighted by molar-refractivity contribution is 5.89. The number of nitrogens with one attached hydrogen (secondary N) is 2. The number of benzene rings is 2. The number of ether oxygens (including phenoxy) is 1. The van der Waals surface area contributed by atoms with Crippen LogP contribution in [0.1, 0.15) is 56.1 Å². The Morgan fingerprint density at radius 2 is 1.61 bits per heavy atom. The van der Waals surface area contributed by atoms with E-state index in [2.05, 4.69) is 17.6 Å². The highest BCUT2D eigenvalue weighted by Gasteiger charge is 2.32. The number of amides is 2. The van der Waals surface area contributed by atoms with Crippen LogP contribution in [0.25, 0.3) is 11.1 Å². The van der Waals surface area contributed by atoms with Crippen molar-refractivity contribution < 1.29 is 24.2 Å². The van der Waals surface area contributed by atoms with Crippen molar-refractivity contribution in [1.82, 2.24) is 10.6 Å². The lowest BCUT2D eigenvalue weighted by atomic mass is 9.89. The van der Waals surface area contributed by atoms with E-state index in [4.69, 9.17) is 4.74 Å². The monoisotopic (exact) mass is 450 g/mol. The van der Waals surface area contributed by atoms with Crippen LogP contribution in [0.3, 0.4) is 0 Å². The second-order valence-corrected chi connectivity index (χ2v) is 9.36. The largest absolute Gasteiger partial charge is 0.481 e. The minimum absolute atomic E-state index is 0.0210. The van der Waals surface area contributed by atoms with E-state index in [1.54, 1.807) is 0 Å². The van der Waals surface area contributed by atoms with Gasteiger partial charge in [-0.05, 0) is 40.5 Å². The first-order valence-corrected chi connectivity index (χ1v) is 11.5. The topological polar surface area (TPSA) is 105 Å². The SMILES string of the molecule is CC1(CNC(=O)C(CC(=O)O)NC(=O)OCC2c3ccccc3-c3ccccc32)CCCC1. The van der Waals surface area contributed by atoms with Gasteiger partial charge >= 0.3 is 12.1 Å². The Morgan fingerprint density at radius 3 is 2.18 bits per heavy atom. The van der Waals surface area contributed by atoms with Crippen molar-refractivity contribution in [3.8, 4) is 11.1 Å². The molecule has 3 N–H and O–H groups in total. The third-order valence-electron chi connectivity index (χ3n) is 6.83. The maximum Gasteiger partial charge on any atom is 0.407 e. The van der Waals surface area contributed by atoms with Crippen LogP contribution >= 0.6 is 0 Å². The Balaban J connectivity index is 1.38. The molecule has 174 valence electrons. The maximum atomic E-state index is 12.7. The number of fused-ring (bicyclic) bond motifs is 3. The third kappa shape index (κ3) is 5.18. The van der Waals surface area contributed by atoms with Gasteiger partial charge in [-0.15, -0.1) is 0 Å². The van der Waals surface area contributed by atoms with E-state index in [1.165, 1.54) is 0 Å². The molecule has 0 heterocycles. The molecule has 2 aliphatic carbocycles. The van der Waals surface area contributed by atoms with Crippen molar-refractivity contribution >= 4 is 18.0 Å². The smallest absolute Gasteiger partial charge is 0.407 e. The molecule has 2 aromatic rings. The number of rotatable bonds is 8. The van der Waals surface area contributed by atoms with Crippen molar-refractivity contribution in [2.24, 2.45) is 5.41 Å². The Morgan fingerprint density at radius 1 is 1.03 bits per heavy atom. The molecule has 1 fully saturated rings. The van der Waals surface area contributed by atoms with Crippen molar-refractivity contribution in [1.29, 1.82) is 0 Å². The molecule has 2 amide bonds. The van der Waals surface area contributed by atoms with Crippen LogP contribution in [0.2, 0.25) is 0 Å². The fourth-order valence-electron chi connectivity index (χ4n) is 5.00. The number of hydrogen-bond acceptors (Lipinski definition) is 4. The molecule has 0 saturated heterocycles. The molecule has 7 nitrogen and oxygen atoms in total. The van der Waals surface area contributed by atoms with Gasteiger partial charge in [0.2, 0.25) is 5.91 Å². The third-order valence-corrected chi connectivity index (χ3v) is 6.83. The normalized spacial score (nSPS) is 17.0. The molecule has 0 bridgehead atoms. The number of carbonyl (C=O) groups is 3. The van der Waals surface area contributed by atoms with Crippen LogP contribution in [-0.4, -0.2) is 42.3 Å². The van der Waals surface area contributed by atoms with Gasteiger partial charge in [-0.1, -0.05) is 68.3 Å². The molecule has 2 aromatic carbocycles. The van der Waals surface area contributed by atoms with Crippen molar-refractivity contribution in [2.45, 2.75) is 51.0 Å². The molecule has 0 radical (unpaired) electrons. The molecular weight excluding hydrogens is 420 g/mol. The van der Waals surface area contributed by atoms with E-state index in [1.807, 2.05) is 48.5 Å². The molecule has 0 aliphatic heterocycles. The zero-order valence-electron chi connectivity index (χ0n) is 18.8. The van der Waals surface area contributed by atoms with E-state index < -0.39 is 30.4 Å². The molecule has 4 rings (SSSR count). The van der Waals surface area contributed by atoms with E-state index in [0.717, 1.165) is 47.9 Å². The maximum absolute atomic E-state index is 12.7. The number of hydrogen-bond donors (Lipinski definition) is 3. The molecule has 1 saturated carbocycles. The number of carboxylic acid groups (broad SMARTS) is 1. The first-order valence-electron chi connectivity index (χ1n) is 11.5. The van der Waals surface area contributed by atoms with E-state index in [-0.39, 0.29) is 17.9 Å². The van der Waals surface area contributed by atoms with Gasteiger partial charge in [0.15, 0.2) is 0 Å². The van der Waals surface area contributed by atoms with Crippen LogP contribution in [0.4, 0.5) is 4.79 Å². The van der Waals surface area contributed by atoms with Crippen LogP contribution in [0.15, 0.2) is 48.5 Å². The van der Waals surface area contributed by atoms with Crippen LogP contribution in [-0.2, 0) is 14.3 Å². The molecule has 0 spiro atoms. The Kier molecular flexibility index (Phi) is 6.67. The predicted octanol–water partition coefficient (Wildman–Crippen LogP) is 4.06. The summed E-state index contributed by atoms with van der Waals surface area (Å²) < 4.78 is 5.48. The Hall–Kier alpha value is -3.35. The summed E-state index contributed by atoms with van der Waals surface area (Å²) in [4.78, 5) is 36.5. The van der Waals surface area contributed by atoms with Crippen LogP contribution < -0.4 is 10.6 Å². The Labute approximate surface area is 193 Å². The summed E-state index contributed by atoms with van der Waals surface area (Å²) in [5.41, 5.74) is 4.41. The lowest BCUT2D eigenvalue weighted by molar-refractivity contribution is -0.139. The quantitative estimate of drug-likeness (QED) is 0.562. The highest BCUT2D eigenvalue weighted by Crippen LogP contribution is 2.44. The van der Waals surface area contributed by atoms with E-state index in [9.17, 15) is 19.5 Å². The second kappa shape index (κ2) is 9.65. The zero-order chi connectivity index (χ0) is 23.4. The molecule has 2 aliphatic rings. The summed E-state index contributed by atoms with van der Waals surface area (Å²) in [6, 6.07) is 14.8. The first-order chi connectivity index (χ1) is 15.9. The molecule has 33 heavy (non-hydrogen) atoms. The molecule has 0 aromatic heterocycles. The van der Waals surface area contributed by atoms with Gasteiger partial charge in [-0.3, -0.25) is 9.59 Å². The molecule has 1 unspecified atom stereocenters. The van der Waals surface area contributed by atoms with Crippen molar-refractivity contribution in [2.75, 3.05) is 13.2 Å². The predicted molar refractivity (Wildman–Crippen MR) is 124 cm³/mol. The minimum Gasteiger partial charge on any atom is -0.481 e. The van der Waals surface area contributed by atoms with E-state index in [0.29, 0.717) is 6.54 Å². The lowest BCUT2D eigenvalue weighted by Crippen LogP contribution is -2.49. The molecular formula is C26H30N2O5. The fraction of sp³-hybridized carbons (Fsp3) is 0.423. The van der Waals surface area contributed by atoms with Gasteiger partial charge in [0.25, 0.3) is 0 Å². The van der Waals surface area contributed by atoms with Crippen molar-refractivity contribution in [3.05, 3.63) is 59.7 Å².